The Morgan fingerprint density at radius 3 is 2.53 bits per heavy atom. The van der Waals surface area contributed by atoms with Gasteiger partial charge in [-0.05, 0) is 37.1 Å². The second-order valence-electron chi connectivity index (χ2n) is 7.72. The molecule has 1 N–H and O–H groups in total. The lowest BCUT2D eigenvalue weighted by molar-refractivity contribution is 0.198. The van der Waals surface area contributed by atoms with Crippen LogP contribution in [0.1, 0.15) is 30.0 Å². The fourth-order valence-corrected chi connectivity index (χ4v) is 4.15. The Balaban J connectivity index is 1.55. The predicted molar refractivity (Wildman–Crippen MR) is 119 cm³/mol. The largest absolute Gasteiger partial charge is 0.493 e. The van der Waals surface area contributed by atoms with Gasteiger partial charge in [0.15, 0.2) is 17.3 Å². The molecule has 1 atom stereocenters. The van der Waals surface area contributed by atoms with E-state index < -0.39 is 0 Å². The minimum atomic E-state index is -0.183. The fourth-order valence-electron chi connectivity index (χ4n) is 4.15. The molecule has 0 amide bonds. The average Bonchev–Trinajstić information content (AvgIpc) is 2.83. The van der Waals surface area contributed by atoms with Crippen LogP contribution in [0.4, 0.5) is 0 Å². The molecule has 4 rings (SSSR count). The summed E-state index contributed by atoms with van der Waals surface area (Å²) in [4.78, 5) is 30.5. The summed E-state index contributed by atoms with van der Waals surface area (Å²) in [6.45, 7) is 2.49. The van der Waals surface area contributed by atoms with Gasteiger partial charge in [-0.15, -0.1) is 0 Å². The number of hydrogen-bond donors (Lipinski definition) is 1. The number of piperidine rings is 1. The molecule has 2 aromatic heterocycles. The normalized spacial score (nSPS) is 16.5. The number of ether oxygens (including phenoxy) is 3. The molecule has 0 aliphatic carbocycles. The third kappa shape index (κ3) is 4.72. The Morgan fingerprint density at radius 2 is 1.88 bits per heavy atom. The van der Waals surface area contributed by atoms with E-state index in [0.29, 0.717) is 28.8 Å². The summed E-state index contributed by atoms with van der Waals surface area (Å²) in [6, 6.07) is 5.54. The smallest absolute Gasteiger partial charge is 0.251 e. The molecule has 0 bridgehead atoms. The van der Waals surface area contributed by atoms with Crippen molar-refractivity contribution in [3.63, 3.8) is 0 Å². The Morgan fingerprint density at radius 1 is 1.09 bits per heavy atom. The van der Waals surface area contributed by atoms with Gasteiger partial charge < -0.3 is 19.2 Å². The van der Waals surface area contributed by atoms with E-state index in [1.54, 1.807) is 46.0 Å². The van der Waals surface area contributed by atoms with Gasteiger partial charge >= 0.3 is 0 Å². The van der Waals surface area contributed by atoms with E-state index in [4.69, 9.17) is 19.2 Å². The first-order valence-corrected chi connectivity index (χ1v) is 10.5. The number of hydrogen-bond acceptors (Lipinski definition) is 8. The van der Waals surface area contributed by atoms with Crippen LogP contribution in [-0.4, -0.2) is 59.3 Å². The lowest BCUT2D eigenvalue weighted by Gasteiger charge is -2.32. The maximum atomic E-state index is 12.3. The summed E-state index contributed by atoms with van der Waals surface area (Å²) in [5, 5.41) is 0. The number of nitrogens with one attached hydrogen (secondary N) is 1. The van der Waals surface area contributed by atoms with Crippen molar-refractivity contribution >= 4 is 0 Å². The maximum Gasteiger partial charge on any atom is 0.251 e. The number of aromatic amines is 1. The first kappa shape index (κ1) is 21.8. The Labute approximate surface area is 186 Å². The lowest BCUT2D eigenvalue weighted by Crippen LogP contribution is -2.34. The molecule has 0 radical (unpaired) electrons. The van der Waals surface area contributed by atoms with Gasteiger partial charge in [0.1, 0.15) is 5.69 Å². The summed E-state index contributed by atoms with van der Waals surface area (Å²) in [5.41, 5.74) is 2.22. The van der Waals surface area contributed by atoms with Crippen LogP contribution in [-0.2, 0) is 6.54 Å². The standard InChI is InChI=1S/C23H27N5O4/c1-30-19-9-15(10-20(31-2)22(19)32-3)13-28-8-4-5-16(14-28)17-11-21(29)27-23(26-17)18-12-24-6-7-25-18/h6-7,9-12,16H,4-5,8,13-14H2,1-3H3,(H,26,27,29). The molecule has 9 nitrogen and oxygen atoms in total. The van der Waals surface area contributed by atoms with Crippen molar-refractivity contribution < 1.29 is 14.2 Å². The van der Waals surface area contributed by atoms with E-state index in [2.05, 4.69) is 19.9 Å². The summed E-state index contributed by atoms with van der Waals surface area (Å²) in [7, 11) is 4.83. The Bertz CT molecular complexity index is 1090. The van der Waals surface area contributed by atoms with Crippen LogP contribution in [0.15, 0.2) is 41.6 Å². The maximum absolute atomic E-state index is 12.3. The highest BCUT2D eigenvalue weighted by Gasteiger charge is 2.24. The summed E-state index contributed by atoms with van der Waals surface area (Å²) in [6.07, 6.45) is 6.77. The second kappa shape index (κ2) is 9.78. The number of rotatable bonds is 7. The molecule has 1 unspecified atom stereocenters. The van der Waals surface area contributed by atoms with Crippen LogP contribution in [0.2, 0.25) is 0 Å². The van der Waals surface area contributed by atoms with Gasteiger partial charge in [-0.25, -0.2) is 9.97 Å². The van der Waals surface area contributed by atoms with Crippen LogP contribution in [0.5, 0.6) is 17.2 Å². The minimum Gasteiger partial charge on any atom is -0.493 e. The molecular formula is C23H27N5O4. The van der Waals surface area contributed by atoms with Crippen LogP contribution in [0.3, 0.4) is 0 Å². The van der Waals surface area contributed by atoms with Gasteiger partial charge in [-0.3, -0.25) is 14.7 Å². The van der Waals surface area contributed by atoms with Gasteiger partial charge in [-0.2, -0.15) is 0 Å². The molecule has 3 heterocycles. The monoisotopic (exact) mass is 437 g/mol. The van der Waals surface area contributed by atoms with Crippen molar-refractivity contribution in [2.45, 2.75) is 25.3 Å². The molecule has 1 saturated heterocycles. The van der Waals surface area contributed by atoms with Crippen LogP contribution in [0.25, 0.3) is 11.5 Å². The highest BCUT2D eigenvalue weighted by Crippen LogP contribution is 2.39. The van der Waals surface area contributed by atoms with Crippen LogP contribution < -0.4 is 19.8 Å². The predicted octanol–water partition coefficient (Wildman–Crippen LogP) is 2.63. The van der Waals surface area contributed by atoms with Crippen molar-refractivity contribution in [3.8, 4) is 28.8 Å². The highest BCUT2D eigenvalue weighted by molar-refractivity contribution is 5.53. The second-order valence-corrected chi connectivity index (χ2v) is 7.72. The first-order valence-electron chi connectivity index (χ1n) is 10.5. The molecule has 0 saturated carbocycles. The SMILES string of the molecule is COc1cc(CN2CCCC(c3cc(=O)[nH]c(-c4cnccn4)n3)C2)cc(OC)c1OC. The first-order chi connectivity index (χ1) is 15.6. The van der Waals surface area contributed by atoms with Crippen molar-refractivity contribution in [2.75, 3.05) is 34.4 Å². The van der Waals surface area contributed by atoms with E-state index in [0.717, 1.165) is 43.7 Å². The molecule has 1 aliphatic rings. The summed E-state index contributed by atoms with van der Waals surface area (Å²) >= 11 is 0. The number of nitrogens with zero attached hydrogens (tertiary/aromatic N) is 4. The van der Waals surface area contributed by atoms with Crippen molar-refractivity contribution in [3.05, 3.63) is 58.4 Å². The van der Waals surface area contributed by atoms with Gasteiger partial charge in [-0.1, -0.05) is 0 Å². The summed E-state index contributed by atoms with van der Waals surface area (Å²) < 4.78 is 16.4. The van der Waals surface area contributed by atoms with E-state index in [-0.39, 0.29) is 11.5 Å². The molecule has 1 aliphatic heterocycles. The van der Waals surface area contributed by atoms with Gasteiger partial charge in [0.05, 0.1) is 33.2 Å². The third-order valence-electron chi connectivity index (χ3n) is 5.62. The van der Waals surface area contributed by atoms with E-state index >= 15 is 0 Å². The number of benzene rings is 1. The lowest BCUT2D eigenvalue weighted by atomic mass is 9.94. The van der Waals surface area contributed by atoms with E-state index in [9.17, 15) is 4.79 Å². The molecule has 1 aromatic carbocycles. The van der Waals surface area contributed by atoms with E-state index in [1.165, 1.54) is 0 Å². The molecule has 3 aromatic rings. The fraction of sp³-hybridized carbons (Fsp3) is 0.391. The zero-order valence-corrected chi connectivity index (χ0v) is 18.5. The van der Waals surface area contributed by atoms with Crippen LogP contribution in [0, 0.1) is 0 Å². The number of likely N-dealkylation sites (tertiary alicyclic amines) is 1. The van der Waals surface area contributed by atoms with Gasteiger partial charge in [0.2, 0.25) is 5.75 Å². The van der Waals surface area contributed by atoms with Crippen molar-refractivity contribution in [1.29, 1.82) is 0 Å². The Hall–Kier alpha value is -3.46. The van der Waals surface area contributed by atoms with Crippen molar-refractivity contribution in [2.24, 2.45) is 0 Å². The zero-order valence-electron chi connectivity index (χ0n) is 18.5. The molecular weight excluding hydrogens is 410 g/mol. The molecule has 0 spiro atoms. The third-order valence-corrected chi connectivity index (χ3v) is 5.62. The topological polar surface area (TPSA) is 102 Å². The summed E-state index contributed by atoms with van der Waals surface area (Å²) in [5.74, 6) is 2.46. The minimum absolute atomic E-state index is 0.156. The number of H-pyrrole nitrogens is 1. The number of aromatic nitrogens is 4. The molecule has 1 fully saturated rings. The van der Waals surface area contributed by atoms with Gasteiger partial charge in [0, 0.05) is 37.5 Å². The number of methoxy groups -OCH3 is 3. The average molecular weight is 438 g/mol. The van der Waals surface area contributed by atoms with Crippen LogP contribution >= 0.6 is 0 Å². The zero-order chi connectivity index (χ0) is 22.5. The van der Waals surface area contributed by atoms with Gasteiger partial charge in [0.25, 0.3) is 5.56 Å². The Kier molecular flexibility index (Phi) is 6.65. The molecule has 168 valence electrons. The quantitative estimate of drug-likeness (QED) is 0.602. The molecule has 9 heteroatoms. The van der Waals surface area contributed by atoms with Crippen molar-refractivity contribution in [1.82, 2.24) is 24.8 Å². The van der Waals surface area contributed by atoms with E-state index in [1.807, 2.05) is 12.1 Å². The highest BCUT2D eigenvalue weighted by atomic mass is 16.5. The molecule has 32 heavy (non-hydrogen) atoms.